The second kappa shape index (κ2) is 8.98. The van der Waals surface area contributed by atoms with Gasteiger partial charge < -0.3 is 15.0 Å². The molecule has 1 amide bonds. The van der Waals surface area contributed by atoms with Gasteiger partial charge in [-0.05, 0) is 24.5 Å². The number of hydrogen-bond donors (Lipinski definition) is 1. The van der Waals surface area contributed by atoms with Gasteiger partial charge in [-0.15, -0.1) is 0 Å². The topological polar surface area (TPSA) is 102 Å². The summed E-state index contributed by atoms with van der Waals surface area (Å²) in [5.41, 5.74) is 1.21. The van der Waals surface area contributed by atoms with Gasteiger partial charge >= 0.3 is 5.97 Å². The molecule has 0 aliphatic carbocycles. The zero-order chi connectivity index (χ0) is 19.9. The van der Waals surface area contributed by atoms with Gasteiger partial charge in [-0.3, -0.25) is 14.9 Å². The monoisotopic (exact) mass is 383 g/mol. The van der Waals surface area contributed by atoms with Crippen molar-refractivity contribution in [2.75, 3.05) is 25.0 Å². The van der Waals surface area contributed by atoms with Crippen LogP contribution in [0.15, 0.2) is 48.5 Å². The zero-order valence-electron chi connectivity index (χ0n) is 15.3. The Hall–Kier alpha value is -3.42. The van der Waals surface area contributed by atoms with Crippen LogP contribution in [0, 0.1) is 10.1 Å². The molecule has 2 aromatic rings. The average Bonchev–Trinajstić information content (AvgIpc) is 3.26. The van der Waals surface area contributed by atoms with Crippen LogP contribution in [0.25, 0.3) is 0 Å². The van der Waals surface area contributed by atoms with Crippen LogP contribution in [-0.2, 0) is 16.1 Å². The first-order chi connectivity index (χ1) is 13.5. The van der Waals surface area contributed by atoms with Gasteiger partial charge in [0.05, 0.1) is 10.5 Å². The molecule has 0 atom stereocenters. The lowest BCUT2D eigenvalue weighted by Crippen LogP contribution is -2.32. The first kappa shape index (κ1) is 19.3. The van der Waals surface area contributed by atoms with Crippen LogP contribution < -0.4 is 5.32 Å². The highest BCUT2D eigenvalue weighted by molar-refractivity contribution is 5.97. The van der Waals surface area contributed by atoms with E-state index >= 15 is 0 Å². The molecule has 0 aromatic heterocycles. The number of likely N-dealkylation sites (tertiary alicyclic amines) is 1. The number of nitrogens with zero attached hydrogens (tertiary/aromatic N) is 2. The van der Waals surface area contributed by atoms with E-state index in [1.165, 1.54) is 12.1 Å². The molecule has 0 unspecified atom stereocenters. The summed E-state index contributed by atoms with van der Waals surface area (Å²) >= 11 is 0. The number of carbonyl (C=O) groups excluding carboxylic acids is 2. The van der Waals surface area contributed by atoms with Crippen LogP contribution in [0.4, 0.5) is 11.4 Å². The number of non-ortho nitro benzene ring substituents is 1. The van der Waals surface area contributed by atoms with Gasteiger partial charge in [-0.2, -0.15) is 0 Å². The molecule has 0 radical (unpaired) electrons. The molecular weight excluding hydrogens is 362 g/mol. The van der Waals surface area contributed by atoms with Gasteiger partial charge in [-0.1, -0.05) is 30.3 Å². The highest BCUT2D eigenvalue weighted by Crippen LogP contribution is 2.24. The number of anilines is 1. The van der Waals surface area contributed by atoms with Crippen LogP contribution in [0.3, 0.4) is 0 Å². The Morgan fingerprint density at radius 3 is 2.50 bits per heavy atom. The molecule has 28 heavy (non-hydrogen) atoms. The van der Waals surface area contributed by atoms with Crippen molar-refractivity contribution in [3.05, 3.63) is 69.8 Å². The Balaban J connectivity index is 1.72. The minimum Gasteiger partial charge on any atom is -0.452 e. The summed E-state index contributed by atoms with van der Waals surface area (Å²) in [7, 11) is 0. The number of nitro benzene ring substituents is 1. The van der Waals surface area contributed by atoms with Gasteiger partial charge in [0.2, 0.25) is 0 Å². The Morgan fingerprint density at radius 2 is 1.82 bits per heavy atom. The number of nitro groups is 1. The molecule has 0 bridgehead atoms. The lowest BCUT2D eigenvalue weighted by atomic mass is 10.1. The van der Waals surface area contributed by atoms with Gasteiger partial charge in [0.1, 0.15) is 0 Å². The molecule has 2 aromatic carbocycles. The SMILES string of the molecule is O=C(OCC(=O)N1CCCC1)c1cc([N+](=O)[O-])ccc1NCc1ccccc1. The average molecular weight is 383 g/mol. The first-order valence-corrected chi connectivity index (χ1v) is 9.06. The van der Waals surface area contributed by atoms with Crippen molar-refractivity contribution in [2.45, 2.75) is 19.4 Å². The Morgan fingerprint density at radius 1 is 1.11 bits per heavy atom. The Bertz CT molecular complexity index is 863. The van der Waals surface area contributed by atoms with Gasteiger partial charge in [-0.25, -0.2) is 4.79 Å². The lowest BCUT2D eigenvalue weighted by Gasteiger charge is -2.16. The number of rotatable bonds is 7. The van der Waals surface area contributed by atoms with Crippen molar-refractivity contribution in [3.63, 3.8) is 0 Å². The summed E-state index contributed by atoms with van der Waals surface area (Å²) in [5, 5.41) is 14.2. The maximum atomic E-state index is 12.5. The van der Waals surface area contributed by atoms with E-state index < -0.39 is 10.9 Å². The number of amides is 1. The molecule has 1 saturated heterocycles. The standard InChI is InChI=1S/C20H21N3O5/c24-19(22-10-4-5-11-22)14-28-20(25)17-12-16(23(26)27)8-9-18(17)21-13-15-6-2-1-3-7-15/h1-3,6-9,12,21H,4-5,10-11,13-14H2. The number of esters is 1. The summed E-state index contributed by atoms with van der Waals surface area (Å²) in [4.78, 5) is 36.7. The number of carbonyl (C=O) groups is 2. The molecular formula is C20H21N3O5. The fraction of sp³-hybridized carbons (Fsp3) is 0.300. The van der Waals surface area contributed by atoms with Crippen LogP contribution >= 0.6 is 0 Å². The molecule has 1 heterocycles. The van der Waals surface area contributed by atoms with Gasteiger partial charge in [0, 0.05) is 37.5 Å². The minimum atomic E-state index is -0.771. The molecule has 1 aliphatic rings. The fourth-order valence-electron chi connectivity index (χ4n) is 3.02. The number of nitrogens with one attached hydrogen (secondary N) is 1. The highest BCUT2D eigenvalue weighted by Gasteiger charge is 2.22. The quantitative estimate of drug-likeness (QED) is 0.448. The molecule has 3 rings (SSSR count). The maximum Gasteiger partial charge on any atom is 0.341 e. The summed E-state index contributed by atoms with van der Waals surface area (Å²) in [5.74, 6) is -1.03. The van der Waals surface area contributed by atoms with Crippen LogP contribution in [0.5, 0.6) is 0 Å². The second-order valence-corrected chi connectivity index (χ2v) is 6.49. The van der Waals surface area contributed by atoms with Crippen molar-refractivity contribution >= 4 is 23.3 Å². The van der Waals surface area contributed by atoms with Crippen LogP contribution in [0.2, 0.25) is 0 Å². The fourth-order valence-corrected chi connectivity index (χ4v) is 3.02. The van der Waals surface area contributed by atoms with Gasteiger partial charge in [0.25, 0.3) is 11.6 Å². The van der Waals surface area contributed by atoms with Gasteiger partial charge in [0.15, 0.2) is 6.61 Å². The van der Waals surface area contributed by atoms with E-state index in [-0.39, 0.29) is 23.8 Å². The molecule has 146 valence electrons. The summed E-state index contributed by atoms with van der Waals surface area (Å²) in [6, 6.07) is 13.5. The van der Waals surface area contributed by atoms with Crippen molar-refractivity contribution in [1.29, 1.82) is 0 Å². The summed E-state index contributed by atoms with van der Waals surface area (Å²) in [6.45, 7) is 1.39. The maximum absolute atomic E-state index is 12.5. The molecule has 1 aliphatic heterocycles. The molecule has 8 heteroatoms. The molecule has 8 nitrogen and oxygen atoms in total. The number of ether oxygens (including phenoxy) is 1. The zero-order valence-corrected chi connectivity index (χ0v) is 15.3. The minimum absolute atomic E-state index is 0.0272. The number of benzene rings is 2. The molecule has 0 saturated carbocycles. The van der Waals surface area contributed by atoms with Crippen molar-refractivity contribution in [2.24, 2.45) is 0 Å². The Labute approximate surface area is 162 Å². The van der Waals surface area contributed by atoms with E-state index in [1.54, 1.807) is 4.90 Å². The van der Waals surface area contributed by atoms with E-state index in [0.717, 1.165) is 24.5 Å². The Kier molecular flexibility index (Phi) is 6.21. The predicted molar refractivity (Wildman–Crippen MR) is 103 cm³/mol. The van der Waals surface area contributed by atoms with E-state index in [9.17, 15) is 19.7 Å². The number of hydrogen-bond acceptors (Lipinski definition) is 6. The highest BCUT2D eigenvalue weighted by atomic mass is 16.6. The normalized spacial score (nSPS) is 13.2. The van der Waals surface area contributed by atoms with Crippen molar-refractivity contribution in [1.82, 2.24) is 4.90 Å². The molecule has 0 spiro atoms. The lowest BCUT2D eigenvalue weighted by molar-refractivity contribution is -0.384. The smallest absolute Gasteiger partial charge is 0.341 e. The third kappa shape index (κ3) is 4.85. The van der Waals surface area contributed by atoms with E-state index in [2.05, 4.69) is 5.32 Å². The third-order valence-corrected chi connectivity index (χ3v) is 4.55. The summed E-state index contributed by atoms with van der Waals surface area (Å²) in [6.07, 6.45) is 1.89. The molecule has 1 fully saturated rings. The largest absolute Gasteiger partial charge is 0.452 e. The van der Waals surface area contributed by atoms with Crippen molar-refractivity contribution < 1.29 is 19.2 Å². The predicted octanol–water partition coefficient (Wildman–Crippen LogP) is 2.99. The molecule has 1 N–H and O–H groups in total. The van der Waals surface area contributed by atoms with Crippen LogP contribution in [-0.4, -0.2) is 41.4 Å². The summed E-state index contributed by atoms with van der Waals surface area (Å²) < 4.78 is 5.14. The van der Waals surface area contributed by atoms with Crippen LogP contribution in [0.1, 0.15) is 28.8 Å². The van der Waals surface area contributed by atoms with E-state index in [4.69, 9.17) is 4.74 Å². The second-order valence-electron chi connectivity index (χ2n) is 6.49. The van der Waals surface area contributed by atoms with E-state index in [0.29, 0.717) is 25.3 Å². The van der Waals surface area contributed by atoms with E-state index in [1.807, 2.05) is 30.3 Å². The first-order valence-electron chi connectivity index (χ1n) is 9.06. The third-order valence-electron chi connectivity index (χ3n) is 4.55. The van der Waals surface area contributed by atoms with Crippen molar-refractivity contribution in [3.8, 4) is 0 Å².